The van der Waals surface area contributed by atoms with E-state index in [4.69, 9.17) is 10.5 Å². The van der Waals surface area contributed by atoms with Gasteiger partial charge in [0.2, 0.25) is 11.8 Å². The van der Waals surface area contributed by atoms with Crippen LogP contribution in [0.1, 0.15) is 97.6 Å². The molecular formula is C39H73N10O17P3S. The predicted molar refractivity (Wildman–Crippen MR) is 258 cm³/mol. The zero-order chi connectivity index (χ0) is 49.7. The molecule has 31 heteroatoms. The summed E-state index contributed by atoms with van der Waals surface area (Å²) in [7, 11) is -17.3. The van der Waals surface area contributed by atoms with Crippen LogP contribution in [-0.2, 0) is 50.7 Å². The number of fused-ring (bicyclic) bond motifs is 1. The number of unbranched alkanes of at least 4 members (excludes halogenated alkanes) is 5. The van der Waals surface area contributed by atoms with E-state index in [1.54, 1.807) is 0 Å². The fourth-order valence-corrected chi connectivity index (χ4v) is 9.70. The van der Waals surface area contributed by atoms with E-state index >= 15 is 0 Å². The largest absolute Gasteiger partial charge is 0.756 e. The third kappa shape index (κ3) is 24.4. The lowest BCUT2D eigenvalue weighted by molar-refractivity contribution is -0.247. The number of phosphoric acid groups is 3. The zero-order valence-corrected chi connectivity index (χ0v) is 44.0. The molecule has 1 aliphatic heterocycles. The highest BCUT2D eigenvalue weighted by Crippen LogP contribution is 2.56. The first-order valence-electron chi connectivity index (χ1n) is 21.5. The lowest BCUT2D eigenvalue weighted by atomic mass is 9.87. The number of hydrogen-bond acceptors (Lipinski definition) is 21. The van der Waals surface area contributed by atoms with Crippen LogP contribution in [0.2, 0.25) is 0 Å². The van der Waals surface area contributed by atoms with Crippen molar-refractivity contribution in [2.24, 2.45) is 5.41 Å². The van der Waals surface area contributed by atoms with Crippen molar-refractivity contribution in [3.63, 3.8) is 0 Å². The Hall–Kier alpha value is -3.34. The third-order valence-electron chi connectivity index (χ3n) is 9.78. The molecule has 2 aromatic heterocycles. The van der Waals surface area contributed by atoms with Crippen LogP contribution in [0.4, 0.5) is 5.82 Å². The monoisotopic (exact) mass is 1080 g/mol. The zero-order valence-electron chi connectivity index (χ0n) is 40.5. The highest BCUT2D eigenvalue weighted by atomic mass is 32.2. The number of amides is 2. The van der Waals surface area contributed by atoms with Gasteiger partial charge >= 0.3 is 0 Å². The van der Waals surface area contributed by atoms with Gasteiger partial charge in [-0.15, -0.1) is 0 Å². The number of ether oxygens (including phenoxy) is 1. The second-order valence-corrected chi connectivity index (χ2v) is 21.1. The summed E-state index contributed by atoms with van der Waals surface area (Å²) in [5, 5.41) is 26.5. The number of nitrogens with one attached hydrogen (secondary N) is 2. The SMILES string of the molecule is CC/C=C\C/C=C\C/C=C\CCCCCCCC(=O)SCCNC(=O)CCNC(=O)[C@H](O)C(C)(C)COP(=O)([O-])OP(=O)([O-])OC[C@H]1O[C@@H](n2cnc3c(N)ncnc32)[C@H](O)[C@@H]1OP(=O)([O-])O.[NH4+].[NH4+].[NH4+]. The number of imidazole rings is 1. The van der Waals surface area contributed by atoms with Gasteiger partial charge in [0.15, 0.2) is 22.8 Å². The van der Waals surface area contributed by atoms with E-state index in [1.165, 1.54) is 13.8 Å². The first-order valence-corrected chi connectivity index (χ1v) is 26.9. The Balaban J connectivity index is 0.0000159. The van der Waals surface area contributed by atoms with Crippen LogP contribution in [0.25, 0.3) is 11.2 Å². The van der Waals surface area contributed by atoms with Gasteiger partial charge in [-0.25, -0.2) is 19.3 Å². The molecule has 0 aliphatic carbocycles. The van der Waals surface area contributed by atoms with Crippen LogP contribution in [0.5, 0.6) is 0 Å². The minimum absolute atomic E-state index is 0. The van der Waals surface area contributed by atoms with Crippen LogP contribution >= 0.6 is 35.2 Å². The molecule has 8 atom stereocenters. The number of rotatable bonds is 32. The molecule has 70 heavy (non-hydrogen) atoms. The number of nitrogens with zero attached hydrogens (tertiary/aromatic N) is 4. The van der Waals surface area contributed by atoms with E-state index in [0.29, 0.717) is 12.2 Å². The Morgan fingerprint density at radius 2 is 1.54 bits per heavy atom. The summed E-state index contributed by atoms with van der Waals surface area (Å²) in [6.07, 6.45) is 15.2. The van der Waals surface area contributed by atoms with Crippen molar-refractivity contribution in [1.29, 1.82) is 0 Å². The van der Waals surface area contributed by atoms with Gasteiger partial charge < -0.3 is 82.9 Å². The lowest BCUT2D eigenvalue weighted by Gasteiger charge is -2.35. The van der Waals surface area contributed by atoms with Gasteiger partial charge in [0.25, 0.3) is 23.5 Å². The normalized spacial score (nSPS) is 20.2. The molecule has 1 saturated heterocycles. The first-order chi connectivity index (χ1) is 31.6. The molecule has 0 saturated carbocycles. The smallest absolute Gasteiger partial charge is 0.274 e. The van der Waals surface area contributed by atoms with E-state index in [1.807, 2.05) is 0 Å². The topological polar surface area (TPSA) is 482 Å². The summed E-state index contributed by atoms with van der Waals surface area (Å²) in [6.45, 7) is 2.31. The number of carbonyl (C=O) groups is 3. The van der Waals surface area contributed by atoms with Gasteiger partial charge in [-0.1, -0.05) is 88.3 Å². The van der Waals surface area contributed by atoms with Crippen molar-refractivity contribution in [2.75, 3.05) is 37.8 Å². The Kier molecular flexibility index (Phi) is 31.1. The van der Waals surface area contributed by atoms with Crippen molar-refractivity contribution >= 4 is 69.1 Å². The molecule has 1 fully saturated rings. The lowest BCUT2D eigenvalue weighted by Crippen LogP contribution is -2.46. The Morgan fingerprint density at radius 3 is 2.21 bits per heavy atom. The highest BCUT2D eigenvalue weighted by molar-refractivity contribution is 8.13. The average molecular weight is 1080 g/mol. The van der Waals surface area contributed by atoms with Crippen molar-refractivity contribution in [3.8, 4) is 0 Å². The van der Waals surface area contributed by atoms with Gasteiger partial charge in [0.05, 0.1) is 19.5 Å². The predicted octanol–water partition coefficient (Wildman–Crippen LogP) is 3.49. The minimum atomic E-state index is -5.91. The number of anilines is 1. The van der Waals surface area contributed by atoms with E-state index in [2.05, 4.69) is 86.8 Å². The van der Waals surface area contributed by atoms with Gasteiger partial charge in [0, 0.05) is 37.1 Å². The average Bonchev–Trinajstić information content (AvgIpc) is 3.81. The molecular weight excluding hydrogens is 1010 g/mol. The second-order valence-electron chi connectivity index (χ2n) is 15.8. The molecule has 0 spiro atoms. The Labute approximate surface area is 411 Å². The minimum Gasteiger partial charge on any atom is -0.756 e. The molecule has 27 nitrogen and oxygen atoms in total. The molecule has 402 valence electrons. The van der Waals surface area contributed by atoms with Gasteiger partial charge in [-0.05, 0) is 38.5 Å². The maximum Gasteiger partial charge on any atom is 0.274 e. The summed E-state index contributed by atoms with van der Waals surface area (Å²) in [5.74, 6) is -1.14. The molecule has 2 amide bonds. The van der Waals surface area contributed by atoms with Gasteiger partial charge in [-0.3, -0.25) is 32.6 Å². The van der Waals surface area contributed by atoms with E-state index < -0.39 is 84.6 Å². The van der Waals surface area contributed by atoms with Crippen LogP contribution in [0.15, 0.2) is 49.1 Å². The number of quaternary nitrogens is 3. The summed E-state index contributed by atoms with van der Waals surface area (Å²) in [5.41, 5.74) is 4.13. The van der Waals surface area contributed by atoms with Crippen molar-refractivity contribution in [1.82, 2.24) is 48.6 Å². The molecule has 19 N–H and O–H groups in total. The van der Waals surface area contributed by atoms with E-state index in [9.17, 15) is 57.9 Å². The highest BCUT2D eigenvalue weighted by Gasteiger charge is 2.48. The number of hydrogen-bond donors (Lipinski definition) is 9. The molecule has 1 aliphatic rings. The van der Waals surface area contributed by atoms with Crippen molar-refractivity contribution in [2.45, 2.75) is 122 Å². The van der Waals surface area contributed by atoms with Crippen LogP contribution in [0.3, 0.4) is 0 Å². The van der Waals surface area contributed by atoms with E-state index in [-0.39, 0.29) is 60.1 Å². The number of nitrogens with two attached hydrogens (primary N) is 1. The number of aliphatic hydroxyl groups excluding tert-OH is 2. The van der Waals surface area contributed by atoms with Crippen LogP contribution in [0, 0.1) is 5.41 Å². The number of thioether (sulfide) groups is 1. The number of aliphatic hydroxyl groups is 2. The molecule has 3 rings (SSSR count). The molecule has 0 radical (unpaired) electrons. The number of carbonyl (C=O) groups excluding carboxylic acids is 3. The molecule has 0 aromatic carbocycles. The Morgan fingerprint density at radius 1 is 0.914 bits per heavy atom. The number of aromatic nitrogens is 4. The van der Waals surface area contributed by atoms with Crippen LogP contribution < -0.4 is 49.5 Å². The Bertz CT molecular complexity index is 2150. The summed E-state index contributed by atoms with van der Waals surface area (Å²) < 4.78 is 61.1. The van der Waals surface area contributed by atoms with Gasteiger partial charge in [-0.2, -0.15) is 0 Å². The second kappa shape index (κ2) is 32.7. The first kappa shape index (κ1) is 66.7. The maximum absolute atomic E-state index is 12.6. The fourth-order valence-electron chi connectivity index (χ4n) is 6.24. The standard InChI is InChI=1S/C39H64N7O17P3S.3H3N/c1-4-5-6-7-8-9-10-11-12-13-14-15-16-17-18-19-30(48)67-23-22-41-29(47)20-21-42-37(51)34(50)39(2,3)25-60-66(57,58)63-65(55,56)59-24-28-33(62-64(52,53)54)32(49)38(61-28)46-27-45-31-35(40)43-26-44-36(31)46;;;/h5-6,8-9,11-12,26-28,32-34,38,49-50H,4,7,10,13-25H2,1-3H3,(H,41,47)(H,42,51)(H,55,56)(H,57,58)(H2,40,43,44)(H2,52,53,54);3*1H3/b6-5-,9-8-,12-11-;;;/t28-,32-,33-,34+,38-;;;/m1.../s1. The van der Waals surface area contributed by atoms with Gasteiger partial charge in [0.1, 0.15) is 36.3 Å². The third-order valence-corrected chi connectivity index (χ3v) is 13.7. The van der Waals surface area contributed by atoms with Crippen molar-refractivity contribution < 1.29 is 80.5 Å². The number of nitrogen functional groups attached to an aromatic ring is 1. The maximum atomic E-state index is 12.6. The molecule has 0 bridgehead atoms. The number of phosphoric ester groups is 3. The molecule has 3 unspecified atom stereocenters. The number of allylic oxidation sites excluding steroid dienone is 6. The van der Waals surface area contributed by atoms with E-state index in [0.717, 1.165) is 86.8 Å². The summed E-state index contributed by atoms with van der Waals surface area (Å²) in [6, 6.07) is 0. The summed E-state index contributed by atoms with van der Waals surface area (Å²) in [4.78, 5) is 94.8. The quantitative estimate of drug-likeness (QED) is 0.0287. The summed E-state index contributed by atoms with van der Waals surface area (Å²) >= 11 is 1.13. The fraction of sp³-hybridized carbons (Fsp3) is 0.641. The van der Waals surface area contributed by atoms with Crippen LogP contribution in [-0.4, -0.2) is 108 Å². The molecule has 3 heterocycles. The van der Waals surface area contributed by atoms with Crippen molar-refractivity contribution in [3.05, 3.63) is 49.1 Å². The molecule has 2 aromatic rings.